The van der Waals surface area contributed by atoms with E-state index in [9.17, 15) is 4.79 Å². The fraction of sp³-hybridized carbons (Fsp3) is 0.227. The second kappa shape index (κ2) is 7.95. The van der Waals surface area contributed by atoms with Crippen LogP contribution in [0.2, 0.25) is 0 Å². The monoisotopic (exact) mass is 333 g/mol. The summed E-state index contributed by atoms with van der Waals surface area (Å²) in [6.07, 6.45) is 1.05. The van der Waals surface area contributed by atoms with E-state index in [1.54, 1.807) is 7.11 Å². The summed E-state index contributed by atoms with van der Waals surface area (Å²) in [6, 6.07) is 22.5. The lowest BCUT2D eigenvalue weighted by molar-refractivity contribution is -0.109. The number of aldehydes is 1. The molecule has 3 rings (SSSR count). The van der Waals surface area contributed by atoms with Gasteiger partial charge in [0, 0.05) is 13.1 Å². The van der Waals surface area contributed by atoms with Crippen molar-refractivity contribution in [2.24, 2.45) is 0 Å². The minimum absolute atomic E-state index is 0.139. The molecule has 0 aliphatic rings. The number of hydrogen-bond acceptors (Lipinski definition) is 3. The average Bonchev–Trinajstić information content (AvgIpc) is 2.66. The summed E-state index contributed by atoms with van der Waals surface area (Å²) in [7, 11) is 3.71. The van der Waals surface area contributed by atoms with Crippen molar-refractivity contribution in [3.8, 4) is 5.75 Å². The van der Waals surface area contributed by atoms with E-state index in [1.807, 2.05) is 37.4 Å². The highest BCUT2D eigenvalue weighted by molar-refractivity contribution is 5.84. The number of carbonyl (C=O) groups excluding carboxylic acids is 1. The Morgan fingerprint density at radius 2 is 1.80 bits per heavy atom. The molecule has 0 aliphatic heterocycles. The molecule has 1 atom stereocenters. The molecule has 0 amide bonds. The fourth-order valence-electron chi connectivity index (χ4n) is 3.15. The van der Waals surface area contributed by atoms with Crippen molar-refractivity contribution in [2.75, 3.05) is 20.7 Å². The molecule has 0 N–H and O–H groups in total. The smallest absolute Gasteiger partial charge is 0.128 e. The number of likely N-dealkylation sites (N-methyl/N-ethyl adjacent to an activating group) is 1. The molecule has 0 fully saturated rings. The lowest BCUT2D eigenvalue weighted by Gasteiger charge is -2.21. The summed E-state index contributed by atoms with van der Waals surface area (Å²) in [5, 5.41) is 2.36. The normalized spacial score (nSPS) is 12.3. The number of methoxy groups -OCH3 is 1. The Labute approximate surface area is 148 Å². The molecule has 25 heavy (non-hydrogen) atoms. The summed E-state index contributed by atoms with van der Waals surface area (Å²) in [5.41, 5.74) is 2.23. The van der Waals surface area contributed by atoms with Crippen LogP contribution in [-0.4, -0.2) is 31.9 Å². The molecule has 128 valence electrons. The lowest BCUT2D eigenvalue weighted by atomic mass is 9.97. The predicted molar refractivity (Wildman–Crippen MR) is 102 cm³/mol. The first-order valence-corrected chi connectivity index (χ1v) is 8.45. The Hall–Kier alpha value is -2.65. The molecule has 1 unspecified atom stereocenters. The molecule has 3 aromatic carbocycles. The van der Waals surface area contributed by atoms with Crippen LogP contribution < -0.4 is 4.74 Å². The zero-order valence-electron chi connectivity index (χ0n) is 14.7. The Balaban J connectivity index is 1.72. The third-order valence-corrected chi connectivity index (χ3v) is 4.46. The standard InChI is InChI=1S/C22H23NO2/c1-23(14-17-6-5-9-22(12-17)25-2)15-21(16-24)20-11-10-18-7-3-4-8-19(18)13-20/h3-13,16,21H,14-15H2,1-2H3. The minimum atomic E-state index is -0.139. The molecule has 3 aromatic rings. The number of benzene rings is 3. The third-order valence-electron chi connectivity index (χ3n) is 4.46. The highest BCUT2D eigenvalue weighted by atomic mass is 16.5. The van der Waals surface area contributed by atoms with Crippen molar-refractivity contribution in [1.29, 1.82) is 0 Å². The van der Waals surface area contributed by atoms with E-state index in [2.05, 4.69) is 41.3 Å². The number of rotatable bonds is 7. The molecule has 0 bridgehead atoms. The van der Waals surface area contributed by atoms with Gasteiger partial charge in [0.25, 0.3) is 0 Å². The van der Waals surface area contributed by atoms with E-state index in [0.29, 0.717) is 6.54 Å². The average molecular weight is 333 g/mol. The van der Waals surface area contributed by atoms with Crippen LogP contribution in [0.3, 0.4) is 0 Å². The number of nitrogens with zero attached hydrogens (tertiary/aromatic N) is 1. The summed E-state index contributed by atoms with van der Waals surface area (Å²) >= 11 is 0. The summed E-state index contributed by atoms with van der Waals surface area (Å²) < 4.78 is 5.27. The molecule has 0 saturated heterocycles. The first-order chi connectivity index (χ1) is 12.2. The predicted octanol–water partition coefficient (Wildman–Crippen LogP) is 4.26. The number of hydrogen-bond donors (Lipinski definition) is 0. The quantitative estimate of drug-likeness (QED) is 0.605. The highest BCUT2D eigenvalue weighted by Crippen LogP contribution is 2.22. The van der Waals surface area contributed by atoms with Crippen LogP contribution in [0.15, 0.2) is 66.7 Å². The largest absolute Gasteiger partial charge is 0.497 e. The van der Waals surface area contributed by atoms with Gasteiger partial charge in [-0.3, -0.25) is 0 Å². The van der Waals surface area contributed by atoms with Crippen LogP contribution in [0.25, 0.3) is 10.8 Å². The van der Waals surface area contributed by atoms with E-state index in [0.717, 1.165) is 24.1 Å². The van der Waals surface area contributed by atoms with Gasteiger partial charge in [-0.2, -0.15) is 0 Å². The van der Waals surface area contributed by atoms with Crippen LogP contribution in [0.1, 0.15) is 17.0 Å². The van der Waals surface area contributed by atoms with E-state index in [4.69, 9.17) is 4.74 Å². The van der Waals surface area contributed by atoms with Gasteiger partial charge in [-0.05, 0) is 41.1 Å². The van der Waals surface area contributed by atoms with Crippen molar-refractivity contribution in [2.45, 2.75) is 12.5 Å². The van der Waals surface area contributed by atoms with Crippen LogP contribution in [-0.2, 0) is 11.3 Å². The lowest BCUT2D eigenvalue weighted by Crippen LogP contribution is -2.25. The first kappa shape index (κ1) is 17.2. The summed E-state index contributed by atoms with van der Waals surface area (Å²) in [5.74, 6) is 0.715. The van der Waals surface area contributed by atoms with Gasteiger partial charge in [-0.15, -0.1) is 0 Å². The molecule has 0 spiro atoms. The van der Waals surface area contributed by atoms with Crippen LogP contribution in [0, 0.1) is 0 Å². The topological polar surface area (TPSA) is 29.5 Å². The van der Waals surface area contributed by atoms with Crippen LogP contribution >= 0.6 is 0 Å². The molecule has 3 nitrogen and oxygen atoms in total. The van der Waals surface area contributed by atoms with Gasteiger partial charge >= 0.3 is 0 Å². The first-order valence-electron chi connectivity index (χ1n) is 8.45. The summed E-state index contributed by atoms with van der Waals surface area (Å²) in [6.45, 7) is 1.45. The molecule has 0 saturated carbocycles. The third kappa shape index (κ3) is 4.25. The van der Waals surface area contributed by atoms with Crippen molar-refractivity contribution in [3.63, 3.8) is 0 Å². The molecule has 0 radical (unpaired) electrons. The molecule has 0 aromatic heterocycles. The van der Waals surface area contributed by atoms with Crippen molar-refractivity contribution in [3.05, 3.63) is 77.9 Å². The van der Waals surface area contributed by atoms with Crippen molar-refractivity contribution >= 4 is 17.1 Å². The Morgan fingerprint density at radius 1 is 1.00 bits per heavy atom. The van der Waals surface area contributed by atoms with Gasteiger partial charge in [0.2, 0.25) is 0 Å². The zero-order valence-corrected chi connectivity index (χ0v) is 14.7. The number of ether oxygens (including phenoxy) is 1. The van der Waals surface area contributed by atoms with Gasteiger partial charge in [-0.1, -0.05) is 54.6 Å². The highest BCUT2D eigenvalue weighted by Gasteiger charge is 2.14. The van der Waals surface area contributed by atoms with Crippen LogP contribution in [0.4, 0.5) is 0 Å². The number of fused-ring (bicyclic) bond motifs is 1. The Morgan fingerprint density at radius 3 is 2.56 bits per heavy atom. The Bertz CT molecular complexity index is 859. The van der Waals surface area contributed by atoms with Crippen molar-refractivity contribution < 1.29 is 9.53 Å². The molecule has 3 heteroatoms. The van der Waals surface area contributed by atoms with Crippen LogP contribution in [0.5, 0.6) is 5.75 Å². The van der Waals surface area contributed by atoms with Gasteiger partial charge in [0.1, 0.15) is 12.0 Å². The molecule has 0 heterocycles. The molecule has 0 aliphatic carbocycles. The van der Waals surface area contributed by atoms with E-state index < -0.39 is 0 Å². The van der Waals surface area contributed by atoms with E-state index in [-0.39, 0.29) is 5.92 Å². The second-order valence-electron chi connectivity index (χ2n) is 6.40. The van der Waals surface area contributed by atoms with Gasteiger partial charge in [0.15, 0.2) is 0 Å². The van der Waals surface area contributed by atoms with E-state index >= 15 is 0 Å². The minimum Gasteiger partial charge on any atom is -0.497 e. The Kier molecular flexibility index (Phi) is 5.46. The molecular weight excluding hydrogens is 310 g/mol. The maximum absolute atomic E-state index is 11.7. The number of carbonyl (C=O) groups is 1. The van der Waals surface area contributed by atoms with E-state index in [1.165, 1.54) is 16.3 Å². The summed E-state index contributed by atoms with van der Waals surface area (Å²) in [4.78, 5) is 13.9. The fourth-order valence-corrected chi connectivity index (χ4v) is 3.15. The second-order valence-corrected chi connectivity index (χ2v) is 6.40. The van der Waals surface area contributed by atoms with Crippen molar-refractivity contribution in [1.82, 2.24) is 4.90 Å². The van der Waals surface area contributed by atoms with Gasteiger partial charge in [0.05, 0.1) is 13.0 Å². The molecular formula is C22H23NO2. The maximum Gasteiger partial charge on any atom is 0.128 e. The van der Waals surface area contributed by atoms with Gasteiger partial charge in [-0.25, -0.2) is 0 Å². The van der Waals surface area contributed by atoms with Gasteiger partial charge < -0.3 is 14.4 Å². The SMILES string of the molecule is COc1cccc(CN(C)CC(C=O)c2ccc3ccccc3c2)c1. The maximum atomic E-state index is 11.7. The zero-order chi connectivity index (χ0) is 17.6.